The fourth-order valence-corrected chi connectivity index (χ4v) is 3.45. The third-order valence-corrected chi connectivity index (χ3v) is 4.62. The van der Waals surface area contributed by atoms with Crippen LogP contribution in [0.3, 0.4) is 0 Å². The Labute approximate surface area is 136 Å². The van der Waals surface area contributed by atoms with Crippen LogP contribution in [0.2, 0.25) is 0 Å². The Morgan fingerprint density at radius 3 is 2.83 bits per heavy atom. The maximum absolute atomic E-state index is 12.7. The molecular weight excluding hydrogens is 294 g/mol. The molecule has 2 atom stereocenters. The van der Waals surface area contributed by atoms with E-state index >= 15 is 0 Å². The third-order valence-electron chi connectivity index (χ3n) is 4.62. The fraction of sp³-hybridized carbons (Fsp3) is 0.588. The number of rotatable bonds is 5. The molecule has 6 heteroatoms. The number of nitrogens with two attached hydrogens (primary N) is 1. The van der Waals surface area contributed by atoms with Gasteiger partial charge in [0.05, 0.1) is 12.1 Å². The van der Waals surface area contributed by atoms with E-state index in [-0.39, 0.29) is 11.9 Å². The fourth-order valence-electron chi connectivity index (χ4n) is 3.45. The number of hydrogen-bond donors (Lipinski definition) is 2. The summed E-state index contributed by atoms with van der Waals surface area (Å²) in [6.07, 6.45) is 1.89. The van der Waals surface area contributed by atoms with E-state index in [4.69, 9.17) is 10.5 Å². The number of hydrogen-bond acceptors (Lipinski definition) is 5. The number of aliphatic hydroxyl groups excluding tert-OH is 1. The second-order valence-electron chi connectivity index (χ2n) is 6.25. The van der Waals surface area contributed by atoms with Crippen molar-refractivity contribution in [2.75, 3.05) is 39.3 Å². The van der Waals surface area contributed by atoms with Crippen LogP contribution in [0, 0.1) is 0 Å². The van der Waals surface area contributed by atoms with Gasteiger partial charge in [0.2, 0.25) is 0 Å². The van der Waals surface area contributed by atoms with Crippen LogP contribution in [0.4, 0.5) is 0 Å². The van der Waals surface area contributed by atoms with Gasteiger partial charge in [-0.15, -0.1) is 0 Å². The molecule has 126 valence electrons. The second kappa shape index (κ2) is 7.29. The highest BCUT2D eigenvalue weighted by Gasteiger charge is 2.38. The lowest BCUT2D eigenvalue weighted by Gasteiger charge is -2.25. The first kappa shape index (κ1) is 16.2. The van der Waals surface area contributed by atoms with Gasteiger partial charge in [0.1, 0.15) is 12.4 Å². The van der Waals surface area contributed by atoms with E-state index in [0.29, 0.717) is 37.6 Å². The molecular formula is C17H25N3O3. The summed E-state index contributed by atoms with van der Waals surface area (Å²) >= 11 is 0. The highest BCUT2D eigenvalue weighted by Crippen LogP contribution is 2.23. The molecule has 1 amide bonds. The van der Waals surface area contributed by atoms with Crippen molar-refractivity contribution in [3.05, 3.63) is 29.8 Å². The molecule has 2 fully saturated rings. The lowest BCUT2D eigenvalue weighted by Crippen LogP contribution is -2.41. The SMILES string of the molecule is NCCOc1cccc(C(=O)N2C[C@H](O)[C@@H](N3CCCC3)C2)c1. The lowest BCUT2D eigenvalue weighted by molar-refractivity contribution is 0.0763. The van der Waals surface area contributed by atoms with Crippen molar-refractivity contribution in [1.82, 2.24) is 9.80 Å². The van der Waals surface area contributed by atoms with E-state index in [2.05, 4.69) is 4.90 Å². The summed E-state index contributed by atoms with van der Waals surface area (Å²) < 4.78 is 5.48. The Hall–Kier alpha value is -1.63. The van der Waals surface area contributed by atoms with Gasteiger partial charge >= 0.3 is 0 Å². The molecule has 0 bridgehead atoms. The Kier molecular flexibility index (Phi) is 5.15. The van der Waals surface area contributed by atoms with Gasteiger partial charge in [-0.2, -0.15) is 0 Å². The molecule has 2 aliphatic rings. The zero-order valence-electron chi connectivity index (χ0n) is 13.4. The highest BCUT2D eigenvalue weighted by molar-refractivity contribution is 5.94. The summed E-state index contributed by atoms with van der Waals surface area (Å²) in [6.45, 7) is 3.89. The summed E-state index contributed by atoms with van der Waals surface area (Å²) in [6, 6.07) is 7.22. The Morgan fingerprint density at radius 1 is 1.30 bits per heavy atom. The van der Waals surface area contributed by atoms with Crippen molar-refractivity contribution in [2.24, 2.45) is 5.73 Å². The van der Waals surface area contributed by atoms with Crippen LogP contribution in [0.25, 0.3) is 0 Å². The summed E-state index contributed by atoms with van der Waals surface area (Å²) in [5, 5.41) is 10.3. The lowest BCUT2D eigenvalue weighted by atomic mass is 10.2. The first-order chi connectivity index (χ1) is 11.2. The number of carbonyl (C=O) groups is 1. The molecule has 6 nitrogen and oxygen atoms in total. The van der Waals surface area contributed by atoms with Crippen molar-refractivity contribution in [3.8, 4) is 5.75 Å². The van der Waals surface area contributed by atoms with Crippen LogP contribution in [-0.2, 0) is 0 Å². The van der Waals surface area contributed by atoms with Crippen LogP contribution in [0.15, 0.2) is 24.3 Å². The molecule has 3 rings (SSSR count). The van der Waals surface area contributed by atoms with Gasteiger partial charge in [-0.25, -0.2) is 0 Å². The minimum Gasteiger partial charge on any atom is -0.492 e. The van der Waals surface area contributed by atoms with Gasteiger partial charge in [-0.3, -0.25) is 9.69 Å². The van der Waals surface area contributed by atoms with E-state index in [9.17, 15) is 9.90 Å². The quantitative estimate of drug-likeness (QED) is 0.816. The zero-order valence-corrected chi connectivity index (χ0v) is 13.4. The molecule has 0 aliphatic carbocycles. The second-order valence-corrected chi connectivity index (χ2v) is 6.25. The molecule has 0 aromatic heterocycles. The molecule has 1 aromatic carbocycles. The number of amides is 1. The average Bonchev–Trinajstić information content (AvgIpc) is 3.21. The van der Waals surface area contributed by atoms with Gasteiger partial charge in [0.15, 0.2) is 0 Å². The van der Waals surface area contributed by atoms with Crippen molar-refractivity contribution >= 4 is 5.91 Å². The predicted molar refractivity (Wildman–Crippen MR) is 87.5 cm³/mol. The molecule has 3 N–H and O–H groups in total. The summed E-state index contributed by atoms with van der Waals surface area (Å²) in [7, 11) is 0. The predicted octanol–water partition coefficient (Wildman–Crippen LogP) is 0.305. The van der Waals surface area contributed by atoms with Crippen molar-refractivity contribution < 1.29 is 14.6 Å². The van der Waals surface area contributed by atoms with Crippen LogP contribution in [0.5, 0.6) is 5.75 Å². The Balaban J connectivity index is 1.66. The number of ether oxygens (including phenoxy) is 1. The van der Waals surface area contributed by atoms with Gasteiger partial charge < -0.3 is 20.5 Å². The van der Waals surface area contributed by atoms with Crippen LogP contribution >= 0.6 is 0 Å². The summed E-state index contributed by atoms with van der Waals surface area (Å²) in [5.74, 6) is 0.598. The Bertz CT molecular complexity index is 546. The molecule has 23 heavy (non-hydrogen) atoms. The van der Waals surface area contributed by atoms with Gasteiger partial charge in [0.25, 0.3) is 5.91 Å². The minimum absolute atomic E-state index is 0.0519. The van der Waals surface area contributed by atoms with Crippen molar-refractivity contribution in [1.29, 1.82) is 0 Å². The minimum atomic E-state index is -0.464. The highest BCUT2D eigenvalue weighted by atomic mass is 16.5. The maximum atomic E-state index is 12.7. The molecule has 2 aliphatic heterocycles. The number of β-amino-alcohol motifs (C(OH)–C–C–N with tert-alkyl or cyclic N) is 1. The van der Waals surface area contributed by atoms with Crippen LogP contribution < -0.4 is 10.5 Å². The van der Waals surface area contributed by atoms with Gasteiger partial charge in [-0.1, -0.05) is 6.07 Å². The van der Waals surface area contributed by atoms with E-state index in [0.717, 1.165) is 13.1 Å². The number of nitrogens with zero attached hydrogens (tertiary/aromatic N) is 2. The molecule has 2 heterocycles. The molecule has 0 spiro atoms. The summed E-state index contributed by atoms with van der Waals surface area (Å²) in [4.78, 5) is 16.7. The smallest absolute Gasteiger partial charge is 0.254 e. The van der Waals surface area contributed by atoms with Crippen LogP contribution in [0.1, 0.15) is 23.2 Å². The van der Waals surface area contributed by atoms with E-state index < -0.39 is 6.10 Å². The zero-order chi connectivity index (χ0) is 16.2. The molecule has 0 unspecified atom stereocenters. The Morgan fingerprint density at radius 2 is 2.09 bits per heavy atom. The van der Waals surface area contributed by atoms with Gasteiger partial charge in [0, 0.05) is 25.2 Å². The molecule has 0 saturated carbocycles. The average molecular weight is 319 g/mol. The van der Waals surface area contributed by atoms with Crippen molar-refractivity contribution in [2.45, 2.75) is 25.0 Å². The number of aliphatic hydroxyl groups is 1. The number of likely N-dealkylation sites (tertiary alicyclic amines) is 2. The largest absolute Gasteiger partial charge is 0.492 e. The molecule has 0 radical (unpaired) electrons. The topological polar surface area (TPSA) is 79.0 Å². The van der Waals surface area contributed by atoms with Gasteiger partial charge in [-0.05, 0) is 44.1 Å². The maximum Gasteiger partial charge on any atom is 0.254 e. The number of benzene rings is 1. The van der Waals surface area contributed by atoms with E-state index in [1.165, 1.54) is 12.8 Å². The molecule has 2 saturated heterocycles. The first-order valence-electron chi connectivity index (χ1n) is 8.33. The van der Waals surface area contributed by atoms with E-state index in [1.54, 1.807) is 17.0 Å². The summed E-state index contributed by atoms with van der Waals surface area (Å²) in [5.41, 5.74) is 6.02. The van der Waals surface area contributed by atoms with E-state index in [1.807, 2.05) is 12.1 Å². The normalized spacial score (nSPS) is 25.0. The standard InChI is InChI=1S/C17H25N3O3/c18-6-9-23-14-5-3-4-13(10-14)17(22)20-11-15(16(21)12-20)19-7-1-2-8-19/h3-5,10,15-16,21H,1-2,6-9,11-12,18H2/t15-,16-/m0/s1. The third kappa shape index (κ3) is 3.65. The van der Waals surface area contributed by atoms with Crippen molar-refractivity contribution in [3.63, 3.8) is 0 Å². The first-order valence-corrected chi connectivity index (χ1v) is 8.33. The monoisotopic (exact) mass is 319 g/mol. The number of carbonyl (C=O) groups excluding carboxylic acids is 1. The molecule has 1 aromatic rings. The van der Waals surface area contributed by atoms with Crippen LogP contribution in [-0.4, -0.2) is 72.3 Å².